The molecule has 1 aromatic heterocycles. The van der Waals surface area contributed by atoms with Gasteiger partial charge >= 0.3 is 5.97 Å². The molecular weight excluding hydrogens is 236 g/mol. The van der Waals surface area contributed by atoms with Crippen LogP contribution in [0.1, 0.15) is 9.67 Å². The predicted octanol–water partition coefficient (Wildman–Crippen LogP) is 1.23. The normalized spacial score (nSPS) is 9.73. The summed E-state index contributed by atoms with van der Waals surface area (Å²) in [7, 11) is 1.30. The van der Waals surface area contributed by atoms with Crippen molar-refractivity contribution in [1.82, 2.24) is 4.98 Å². The van der Waals surface area contributed by atoms with E-state index in [4.69, 9.17) is 0 Å². The largest absolute Gasteiger partial charge is 0.465 e. The van der Waals surface area contributed by atoms with Gasteiger partial charge in [-0.2, -0.15) is 11.8 Å². The average molecular weight is 246 g/mol. The molecule has 0 spiro atoms. The number of aromatic nitrogens is 1. The fourth-order valence-electron chi connectivity index (χ4n) is 0.813. The molecule has 0 aliphatic carbocycles. The summed E-state index contributed by atoms with van der Waals surface area (Å²) < 4.78 is 4.52. The Balaban J connectivity index is 2.60. The number of thiazole rings is 1. The van der Waals surface area contributed by atoms with Gasteiger partial charge in [-0.25, -0.2) is 9.78 Å². The minimum absolute atomic E-state index is 0.131. The van der Waals surface area contributed by atoms with Crippen LogP contribution < -0.4 is 5.32 Å². The molecule has 0 bridgehead atoms. The highest BCUT2D eigenvalue weighted by Gasteiger charge is 2.11. The molecule has 0 aromatic carbocycles. The van der Waals surface area contributed by atoms with E-state index in [9.17, 15) is 9.59 Å². The van der Waals surface area contributed by atoms with Crippen molar-refractivity contribution in [2.24, 2.45) is 0 Å². The van der Waals surface area contributed by atoms with Crippen molar-refractivity contribution in [3.05, 3.63) is 11.1 Å². The third kappa shape index (κ3) is 3.52. The Morgan fingerprint density at radius 2 is 2.40 bits per heavy atom. The lowest BCUT2D eigenvalue weighted by Gasteiger charge is -1.97. The van der Waals surface area contributed by atoms with Crippen molar-refractivity contribution in [2.75, 3.05) is 24.4 Å². The van der Waals surface area contributed by atoms with Gasteiger partial charge in [0.15, 0.2) is 5.13 Å². The zero-order chi connectivity index (χ0) is 11.3. The molecule has 0 saturated heterocycles. The molecule has 0 aliphatic rings. The molecule has 15 heavy (non-hydrogen) atoms. The number of ether oxygens (including phenoxy) is 1. The number of nitrogens with one attached hydrogen (secondary N) is 1. The van der Waals surface area contributed by atoms with Gasteiger partial charge in [0.25, 0.3) is 0 Å². The highest BCUT2D eigenvalue weighted by atomic mass is 32.2. The number of hydrogen-bond acceptors (Lipinski definition) is 6. The number of amides is 1. The first-order chi connectivity index (χ1) is 7.17. The molecule has 0 atom stereocenters. The van der Waals surface area contributed by atoms with Crippen molar-refractivity contribution < 1.29 is 14.3 Å². The van der Waals surface area contributed by atoms with E-state index in [1.165, 1.54) is 25.1 Å². The zero-order valence-corrected chi connectivity index (χ0v) is 9.91. The first kappa shape index (κ1) is 12.0. The standard InChI is InChI=1S/C8H10N2O3S2/c1-13-7(12)5-3-9-8(15-5)10-6(11)4-14-2/h3H,4H2,1-2H3,(H,9,10,11). The number of esters is 1. The molecule has 1 aromatic rings. The maximum absolute atomic E-state index is 11.2. The molecule has 0 fully saturated rings. The summed E-state index contributed by atoms with van der Waals surface area (Å²) in [5.41, 5.74) is 0. The number of anilines is 1. The molecule has 0 aliphatic heterocycles. The molecule has 1 N–H and O–H groups in total. The number of methoxy groups -OCH3 is 1. The topological polar surface area (TPSA) is 68.3 Å². The number of carbonyl (C=O) groups excluding carboxylic acids is 2. The molecule has 1 heterocycles. The highest BCUT2D eigenvalue weighted by Crippen LogP contribution is 2.18. The number of hydrogen-bond donors (Lipinski definition) is 1. The van der Waals surface area contributed by atoms with E-state index >= 15 is 0 Å². The van der Waals surface area contributed by atoms with Gasteiger partial charge in [-0.05, 0) is 6.26 Å². The van der Waals surface area contributed by atoms with Crippen LogP contribution in [0.3, 0.4) is 0 Å². The maximum Gasteiger partial charge on any atom is 0.349 e. The van der Waals surface area contributed by atoms with Crippen LogP contribution in [0.5, 0.6) is 0 Å². The van der Waals surface area contributed by atoms with E-state index in [1.54, 1.807) is 0 Å². The summed E-state index contributed by atoms with van der Waals surface area (Å²) in [6.07, 6.45) is 3.21. The van der Waals surface area contributed by atoms with Crippen molar-refractivity contribution in [3.8, 4) is 0 Å². The summed E-state index contributed by atoms with van der Waals surface area (Å²) in [6, 6.07) is 0. The number of rotatable bonds is 4. The van der Waals surface area contributed by atoms with Gasteiger partial charge in [-0.15, -0.1) is 0 Å². The van der Waals surface area contributed by atoms with Gasteiger partial charge in [0.2, 0.25) is 5.91 Å². The molecule has 0 saturated carbocycles. The lowest BCUT2D eigenvalue weighted by atomic mass is 10.6. The lowest BCUT2D eigenvalue weighted by molar-refractivity contribution is -0.113. The quantitative estimate of drug-likeness (QED) is 0.809. The molecule has 5 nitrogen and oxygen atoms in total. The van der Waals surface area contributed by atoms with Gasteiger partial charge in [-0.1, -0.05) is 11.3 Å². The SMILES string of the molecule is COC(=O)c1cnc(NC(=O)CSC)s1. The van der Waals surface area contributed by atoms with Crippen molar-refractivity contribution in [3.63, 3.8) is 0 Å². The molecule has 82 valence electrons. The van der Waals surface area contributed by atoms with Crippen LogP contribution in [0, 0.1) is 0 Å². The predicted molar refractivity (Wildman–Crippen MR) is 60.5 cm³/mol. The molecule has 1 amide bonds. The van der Waals surface area contributed by atoms with Gasteiger partial charge in [0.1, 0.15) is 4.88 Å². The third-order valence-electron chi connectivity index (χ3n) is 1.41. The van der Waals surface area contributed by atoms with Crippen LogP contribution in [-0.2, 0) is 9.53 Å². The Hall–Kier alpha value is -1.08. The van der Waals surface area contributed by atoms with E-state index in [-0.39, 0.29) is 5.91 Å². The maximum atomic E-state index is 11.2. The lowest BCUT2D eigenvalue weighted by Crippen LogP contribution is -2.13. The van der Waals surface area contributed by atoms with Gasteiger partial charge < -0.3 is 10.1 Å². The third-order valence-corrected chi connectivity index (χ3v) is 2.86. The Bertz CT molecular complexity index is 365. The first-order valence-corrected chi connectivity index (χ1v) is 6.21. The smallest absolute Gasteiger partial charge is 0.349 e. The Morgan fingerprint density at radius 3 is 3.00 bits per heavy atom. The molecule has 0 unspecified atom stereocenters. The van der Waals surface area contributed by atoms with E-state index in [0.29, 0.717) is 15.8 Å². The highest BCUT2D eigenvalue weighted by molar-refractivity contribution is 7.99. The number of thioether (sulfide) groups is 1. The van der Waals surface area contributed by atoms with Crippen molar-refractivity contribution >= 4 is 40.1 Å². The zero-order valence-electron chi connectivity index (χ0n) is 8.27. The second-order valence-electron chi connectivity index (χ2n) is 2.50. The average Bonchev–Trinajstić information content (AvgIpc) is 2.65. The van der Waals surface area contributed by atoms with Gasteiger partial charge in [0.05, 0.1) is 19.1 Å². The number of carbonyl (C=O) groups is 2. The number of nitrogens with zero attached hydrogens (tertiary/aromatic N) is 1. The summed E-state index contributed by atoms with van der Waals surface area (Å²) in [5.74, 6) is -0.209. The van der Waals surface area contributed by atoms with Crippen LogP contribution in [-0.4, -0.2) is 36.0 Å². The summed E-state index contributed by atoms with van der Waals surface area (Å²) in [5, 5.41) is 2.99. The Labute approximate surface area is 95.2 Å². The summed E-state index contributed by atoms with van der Waals surface area (Å²) >= 11 is 2.51. The second-order valence-corrected chi connectivity index (χ2v) is 4.40. The molecular formula is C8H10N2O3S2. The minimum Gasteiger partial charge on any atom is -0.465 e. The summed E-state index contributed by atoms with van der Waals surface area (Å²) in [4.78, 5) is 26.5. The van der Waals surface area contributed by atoms with Crippen LogP contribution >= 0.6 is 23.1 Å². The van der Waals surface area contributed by atoms with Gasteiger partial charge in [-0.3, -0.25) is 4.79 Å². The molecule has 1 rings (SSSR count). The summed E-state index contributed by atoms with van der Waals surface area (Å²) in [6.45, 7) is 0. The van der Waals surface area contributed by atoms with Gasteiger partial charge in [0, 0.05) is 0 Å². The monoisotopic (exact) mass is 246 g/mol. The van der Waals surface area contributed by atoms with E-state index in [0.717, 1.165) is 11.3 Å². The minimum atomic E-state index is -0.446. The van der Waals surface area contributed by atoms with E-state index in [2.05, 4.69) is 15.0 Å². The Morgan fingerprint density at radius 1 is 1.67 bits per heavy atom. The molecule has 0 radical (unpaired) electrons. The van der Waals surface area contributed by atoms with Crippen LogP contribution in [0.2, 0.25) is 0 Å². The Kier molecular flexibility index (Phi) is 4.57. The fraction of sp³-hybridized carbons (Fsp3) is 0.375. The van der Waals surface area contributed by atoms with Crippen LogP contribution in [0.25, 0.3) is 0 Å². The van der Waals surface area contributed by atoms with Crippen molar-refractivity contribution in [1.29, 1.82) is 0 Å². The van der Waals surface area contributed by atoms with Crippen LogP contribution in [0.4, 0.5) is 5.13 Å². The fourth-order valence-corrected chi connectivity index (χ4v) is 1.90. The first-order valence-electron chi connectivity index (χ1n) is 4.00. The van der Waals surface area contributed by atoms with Crippen LogP contribution in [0.15, 0.2) is 6.20 Å². The van der Waals surface area contributed by atoms with E-state index < -0.39 is 5.97 Å². The van der Waals surface area contributed by atoms with Crippen molar-refractivity contribution in [2.45, 2.75) is 0 Å². The second kappa shape index (κ2) is 5.72. The molecule has 7 heteroatoms. The van der Waals surface area contributed by atoms with E-state index in [1.807, 2.05) is 6.26 Å².